The van der Waals surface area contributed by atoms with E-state index in [4.69, 9.17) is 19.2 Å². The molecule has 1 heterocycles. The number of para-hydroxylation sites is 1. The topological polar surface area (TPSA) is 74.9 Å². The number of benzene rings is 4. The lowest BCUT2D eigenvalue weighted by molar-refractivity contribution is 0.282. The van der Waals surface area contributed by atoms with Gasteiger partial charge in [-0.15, -0.1) is 0 Å². The largest absolute Gasteiger partial charge is 0.496 e. The minimum Gasteiger partial charge on any atom is -0.496 e. The van der Waals surface area contributed by atoms with Crippen LogP contribution in [0.15, 0.2) is 93.2 Å². The monoisotopic (exact) mass is 625 g/mol. The van der Waals surface area contributed by atoms with E-state index in [-0.39, 0.29) is 11.5 Å². The first-order valence-electron chi connectivity index (χ1n) is 13.6. The van der Waals surface area contributed by atoms with Crippen molar-refractivity contribution < 1.29 is 14.2 Å². The van der Waals surface area contributed by atoms with Crippen molar-refractivity contribution in [3.8, 4) is 28.6 Å². The predicted molar refractivity (Wildman–Crippen MR) is 171 cm³/mol. The number of methoxy groups -OCH3 is 2. The molecule has 0 amide bonds. The summed E-state index contributed by atoms with van der Waals surface area (Å²) >= 11 is 3.62. The van der Waals surface area contributed by atoms with Gasteiger partial charge in [0, 0.05) is 5.56 Å². The van der Waals surface area contributed by atoms with Gasteiger partial charge in [-0.2, -0.15) is 9.78 Å². The van der Waals surface area contributed by atoms with Crippen molar-refractivity contribution in [2.24, 2.45) is 5.10 Å². The van der Waals surface area contributed by atoms with Gasteiger partial charge in [-0.25, -0.2) is 4.98 Å². The van der Waals surface area contributed by atoms with Crippen molar-refractivity contribution in [2.45, 2.75) is 33.3 Å². The van der Waals surface area contributed by atoms with Crippen LogP contribution in [-0.4, -0.2) is 30.1 Å². The number of halogens is 1. The molecule has 0 radical (unpaired) electrons. The summed E-state index contributed by atoms with van der Waals surface area (Å²) in [6.07, 6.45) is 1.62. The van der Waals surface area contributed by atoms with E-state index in [0.717, 1.165) is 28.0 Å². The van der Waals surface area contributed by atoms with Crippen molar-refractivity contribution in [1.29, 1.82) is 0 Å². The fourth-order valence-corrected chi connectivity index (χ4v) is 5.35. The number of hydrogen-bond acceptors (Lipinski definition) is 6. The fourth-order valence-electron chi connectivity index (χ4n) is 4.78. The Hall–Kier alpha value is -4.43. The van der Waals surface area contributed by atoms with Crippen LogP contribution in [0.4, 0.5) is 0 Å². The van der Waals surface area contributed by atoms with E-state index >= 15 is 0 Å². The molecule has 0 aliphatic carbocycles. The van der Waals surface area contributed by atoms with E-state index in [1.807, 2.05) is 79.7 Å². The molecule has 0 saturated heterocycles. The van der Waals surface area contributed by atoms with Crippen LogP contribution >= 0.6 is 15.9 Å². The van der Waals surface area contributed by atoms with Crippen molar-refractivity contribution in [3.05, 3.63) is 116 Å². The Kier molecular flexibility index (Phi) is 8.73. The van der Waals surface area contributed by atoms with Gasteiger partial charge in [-0.1, -0.05) is 56.3 Å². The van der Waals surface area contributed by atoms with E-state index in [2.05, 4.69) is 34.9 Å². The Labute approximate surface area is 253 Å². The maximum atomic E-state index is 13.8. The van der Waals surface area contributed by atoms with Crippen LogP contribution in [-0.2, 0) is 6.61 Å². The molecule has 0 N–H and O–H groups in total. The number of aryl methyl sites for hydroxylation is 1. The maximum absolute atomic E-state index is 13.8. The minimum atomic E-state index is -0.262. The Balaban J connectivity index is 1.60. The third-order valence-corrected chi connectivity index (χ3v) is 7.58. The maximum Gasteiger partial charge on any atom is 0.282 e. The fraction of sp³-hybridized carbons (Fsp3) is 0.206. The molecule has 5 aromatic rings. The lowest BCUT2D eigenvalue weighted by Crippen LogP contribution is -2.20. The summed E-state index contributed by atoms with van der Waals surface area (Å²) in [7, 11) is 3.26. The summed E-state index contributed by atoms with van der Waals surface area (Å²) < 4.78 is 19.4. The smallest absolute Gasteiger partial charge is 0.282 e. The molecule has 0 saturated carbocycles. The van der Waals surface area contributed by atoms with Crippen molar-refractivity contribution in [3.63, 3.8) is 0 Å². The Bertz CT molecular complexity index is 1830. The van der Waals surface area contributed by atoms with E-state index in [0.29, 0.717) is 44.9 Å². The van der Waals surface area contributed by atoms with Crippen LogP contribution in [0, 0.1) is 6.92 Å². The van der Waals surface area contributed by atoms with E-state index in [1.54, 1.807) is 26.5 Å². The van der Waals surface area contributed by atoms with Crippen molar-refractivity contribution in [2.75, 3.05) is 14.2 Å². The molecule has 8 heteroatoms. The highest BCUT2D eigenvalue weighted by Gasteiger charge is 2.19. The van der Waals surface area contributed by atoms with Gasteiger partial charge in [0.25, 0.3) is 5.56 Å². The zero-order valence-electron chi connectivity index (χ0n) is 24.2. The SMILES string of the molecule is COc1cc(C)c(-c2nc3ccccc3c(=O)n2N=Cc2cc(Br)c(OCc3ccccc3)c(OC)c2)cc1C(C)C. The number of nitrogens with zero attached hydrogens (tertiary/aromatic N) is 3. The van der Waals surface area contributed by atoms with E-state index in [1.165, 1.54) is 4.68 Å². The van der Waals surface area contributed by atoms with Gasteiger partial charge >= 0.3 is 0 Å². The summed E-state index contributed by atoms with van der Waals surface area (Å²) in [4.78, 5) is 18.7. The highest BCUT2D eigenvalue weighted by Crippen LogP contribution is 2.37. The van der Waals surface area contributed by atoms with Crippen LogP contribution in [0.2, 0.25) is 0 Å². The van der Waals surface area contributed by atoms with Gasteiger partial charge in [0.05, 0.1) is 35.8 Å². The third-order valence-electron chi connectivity index (χ3n) is 6.99. The molecular weight excluding hydrogens is 594 g/mol. The second-order valence-corrected chi connectivity index (χ2v) is 11.0. The molecule has 0 bridgehead atoms. The lowest BCUT2D eigenvalue weighted by Gasteiger charge is -2.17. The Morgan fingerprint density at radius 2 is 1.67 bits per heavy atom. The highest BCUT2D eigenvalue weighted by molar-refractivity contribution is 9.10. The average molecular weight is 627 g/mol. The van der Waals surface area contributed by atoms with Gasteiger partial charge < -0.3 is 14.2 Å². The molecule has 0 atom stereocenters. The normalized spacial score (nSPS) is 11.4. The summed E-state index contributed by atoms with van der Waals surface area (Å²) in [6.45, 7) is 6.58. The molecule has 214 valence electrons. The van der Waals surface area contributed by atoms with Crippen LogP contribution in [0.1, 0.15) is 42.0 Å². The van der Waals surface area contributed by atoms with Gasteiger partial charge in [0.2, 0.25) is 0 Å². The number of aromatic nitrogens is 2. The average Bonchev–Trinajstić information content (AvgIpc) is 3.00. The first kappa shape index (κ1) is 29.1. The van der Waals surface area contributed by atoms with Crippen LogP contribution in [0.25, 0.3) is 22.3 Å². The minimum absolute atomic E-state index is 0.205. The summed E-state index contributed by atoms with van der Waals surface area (Å²) in [5.74, 6) is 2.58. The molecule has 0 fully saturated rings. The predicted octanol–water partition coefficient (Wildman–Crippen LogP) is 7.74. The van der Waals surface area contributed by atoms with Crippen molar-refractivity contribution >= 4 is 33.0 Å². The summed E-state index contributed by atoms with van der Waals surface area (Å²) in [6, 6.07) is 24.9. The molecule has 1 aromatic heterocycles. The number of hydrogen-bond donors (Lipinski definition) is 0. The molecule has 0 spiro atoms. The Morgan fingerprint density at radius 1 is 0.952 bits per heavy atom. The van der Waals surface area contributed by atoms with Gasteiger partial charge in [0.1, 0.15) is 12.4 Å². The van der Waals surface area contributed by atoms with Gasteiger partial charge in [0.15, 0.2) is 17.3 Å². The standard InChI is InChI=1S/C34H32BrN3O4/c1-21(2)26-18-27(22(3)15-30(26)40-4)33-37-29-14-10-9-13-25(29)34(39)38(33)36-19-24-16-28(35)32(31(17-24)41-5)42-20-23-11-7-6-8-12-23/h6-19,21H,20H2,1-5H3. The molecule has 7 nitrogen and oxygen atoms in total. The molecule has 4 aromatic carbocycles. The molecular formula is C34H32BrN3O4. The zero-order valence-corrected chi connectivity index (χ0v) is 25.8. The van der Waals surface area contributed by atoms with Gasteiger partial charge in [-0.05, 0) is 87.4 Å². The van der Waals surface area contributed by atoms with Crippen molar-refractivity contribution in [1.82, 2.24) is 9.66 Å². The Morgan fingerprint density at radius 3 is 2.38 bits per heavy atom. The highest BCUT2D eigenvalue weighted by atomic mass is 79.9. The van der Waals surface area contributed by atoms with Gasteiger partial charge in [-0.3, -0.25) is 4.79 Å². The van der Waals surface area contributed by atoms with E-state index < -0.39 is 0 Å². The third kappa shape index (κ3) is 5.94. The number of ether oxygens (including phenoxy) is 3. The number of fused-ring (bicyclic) bond motifs is 1. The first-order chi connectivity index (χ1) is 20.3. The van der Waals surface area contributed by atoms with Crippen LogP contribution < -0.4 is 19.8 Å². The second-order valence-electron chi connectivity index (χ2n) is 10.2. The zero-order chi connectivity index (χ0) is 29.8. The number of rotatable bonds is 9. The van der Waals surface area contributed by atoms with Crippen LogP contribution in [0.5, 0.6) is 17.2 Å². The molecule has 5 rings (SSSR count). The second kappa shape index (κ2) is 12.6. The van der Waals surface area contributed by atoms with Crippen LogP contribution in [0.3, 0.4) is 0 Å². The summed E-state index contributed by atoms with van der Waals surface area (Å²) in [5.41, 5.74) is 4.86. The molecule has 42 heavy (non-hydrogen) atoms. The molecule has 0 aliphatic rings. The molecule has 0 aliphatic heterocycles. The summed E-state index contributed by atoms with van der Waals surface area (Å²) in [5, 5.41) is 5.15. The quantitative estimate of drug-likeness (QED) is 0.157. The van der Waals surface area contributed by atoms with E-state index in [9.17, 15) is 4.79 Å². The lowest BCUT2D eigenvalue weighted by atomic mass is 9.96. The molecule has 0 unspecified atom stereocenters. The first-order valence-corrected chi connectivity index (χ1v) is 14.4.